The average Bonchev–Trinajstić information content (AvgIpc) is 2.93. The number of nitrogens with one attached hydrogen (secondary N) is 1. The summed E-state index contributed by atoms with van der Waals surface area (Å²) in [5.74, 6) is -10.0. The van der Waals surface area contributed by atoms with Gasteiger partial charge in [0.1, 0.15) is 11.7 Å². The highest BCUT2D eigenvalue weighted by Crippen LogP contribution is 2.57. The molecule has 0 aliphatic heterocycles. The highest BCUT2D eigenvalue weighted by atomic mass is 16.3. The Morgan fingerprint density at radius 3 is 2.29 bits per heavy atom. The molecule has 0 bridgehead atoms. The number of likely N-dealkylation sites (N-methyl/N-ethyl adjacent to an activating group) is 1. The molecule has 13 heteroatoms. The molecule has 0 aromatic heterocycles. The number of Topliss-reactive ketones (excluding diaryl/α,β-unsaturated/α-hetero) is 4. The first-order valence-corrected chi connectivity index (χ1v) is 14.5. The van der Waals surface area contributed by atoms with Crippen LogP contribution in [0.1, 0.15) is 27.9 Å². The minimum Gasteiger partial charge on any atom is -0.505 e. The maximum atomic E-state index is 14.6. The van der Waals surface area contributed by atoms with E-state index in [9.17, 15) is 34.3 Å². The highest BCUT2D eigenvalue weighted by molar-refractivity contribution is 6.33. The molecule has 0 spiro atoms. The predicted molar refractivity (Wildman–Crippen MR) is 164 cm³/mol. The molecule has 45 heavy (non-hydrogen) atoms. The number of hydrogen-bond donors (Lipinski definition) is 5. The van der Waals surface area contributed by atoms with Gasteiger partial charge in [0.15, 0.2) is 34.5 Å². The molecule has 0 radical (unpaired) electrons. The fourth-order valence-corrected chi connectivity index (χ4v) is 7.78. The lowest BCUT2D eigenvalue weighted by Gasteiger charge is -2.60. The Hall–Kier alpha value is -4.64. The summed E-state index contributed by atoms with van der Waals surface area (Å²) < 4.78 is 0. The molecule has 2 aromatic rings. The molecule has 2 unspecified atom stereocenters. The largest absolute Gasteiger partial charge is 0.505 e. The van der Waals surface area contributed by atoms with Crippen LogP contribution in [-0.4, -0.2) is 90.9 Å². The Bertz CT molecular complexity index is 1680. The van der Waals surface area contributed by atoms with Gasteiger partial charge >= 0.3 is 0 Å². The van der Waals surface area contributed by atoms with Crippen molar-refractivity contribution in [3.8, 4) is 11.8 Å². The van der Waals surface area contributed by atoms with Crippen LogP contribution < -0.4 is 27.4 Å². The van der Waals surface area contributed by atoms with E-state index < -0.39 is 75.6 Å². The molecular weight excluding hydrogens is 578 g/mol. The molecule has 13 nitrogen and oxygen atoms in total. The molecule has 2 saturated carbocycles. The first-order valence-electron chi connectivity index (χ1n) is 14.5. The van der Waals surface area contributed by atoms with E-state index in [4.69, 9.17) is 17.2 Å². The number of phenols is 1. The predicted octanol–water partition coefficient (Wildman–Crippen LogP) is -0.471. The van der Waals surface area contributed by atoms with Gasteiger partial charge in [-0.3, -0.25) is 28.9 Å². The molecule has 0 heterocycles. The monoisotopic (exact) mass is 615 g/mol. The molecule has 3 aliphatic carbocycles. The third-order valence-corrected chi connectivity index (χ3v) is 9.62. The van der Waals surface area contributed by atoms with Crippen LogP contribution in [0.4, 0.5) is 11.4 Å². The number of nitrogens with two attached hydrogens (primary N) is 3. The number of rotatable bonds is 7. The quantitative estimate of drug-likeness (QED) is 0.197. The molecule has 8 N–H and O–H groups in total. The summed E-state index contributed by atoms with van der Waals surface area (Å²) in [6.07, 6.45) is 0.0115. The normalized spacial score (nSPS) is 30.7. The van der Waals surface area contributed by atoms with Gasteiger partial charge in [-0.1, -0.05) is 30.3 Å². The summed E-state index contributed by atoms with van der Waals surface area (Å²) >= 11 is 0. The lowest BCUT2D eigenvalue weighted by Crippen LogP contribution is -2.85. The van der Waals surface area contributed by atoms with Crippen molar-refractivity contribution in [2.45, 2.75) is 36.4 Å². The Kier molecular flexibility index (Phi) is 7.60. The SMILES string of the molecule is CN(C)c1cc(NCCc2ccccc2)c(O)c2c1C[C@@]1(N)C[C@@]3(N)[C@H](N(C)C)C(=O)C(C(N)=O)C(=O)[C@@]3(C#N)C(=O)C1C2=O. The van der Waals surface area contributed by atoms with Gasteiger partial charge in [0, 0.05) is 31.9 Å². The summed E-state index contributed by atoms with van der Waals surface area (Å²) in [5.41, 5.74) is 14.6. The van der Waals surface area contributed by atoms with Crippen LogP contribution >= 0.6 is 0 Å². The molecule has 6 atom stereocenters. The van der Waals surface area contributed by atoms with Crippen molar-refractivity contribution in [3.63, 3.8) is 0 Å². The van der Waals surface area contributed by atoms with Crippen molar-refractivity contribution < 1.29 is 29.1 Å². The molecule has 3 aliphatic rings. The molecule has 0 saturated heterocycles. The number of aromatic hydroxyl groups is 1. The smallest absolute Gasteiger partial charge is 0.235 e. The minimum atomic E-state index is -2.79. The maximum Gasteiger partial charge on any atom is 0.235 e. The van der Waals surface area contributed by atoms with Gasteiger partial charge in [-0.25, -0.2) is 0 Å². The fraction of sp³-hybridized carbons (Fsp3) is 0.438. The number of fused-ring (bicyclic) bond motifs is 3. The first-order chi connectivity index (χ1) is 21.1. The molecule has 5 rings (SSSR count). The van der Waals surface area contributed by atoms with Gasteiger partial charge in [0.2, 0.25) is 5.91 Å². The van der Waals surface area contributed by atoms with Crippen molar-refractivity contribution in [3.05, 3.63) is 53.1 Å². The van der Waals surface area contributed by atoms with E-state index >= 15 is 0 Å². The van der Waals surface area contributed by atoms with Crippen molar-refractivity contribution in [1.82, 2.24) is 4.90 Å². The third-order valence-electron chi connectivity index (χ3n) is 9.62. The number of anilines is 2. The van der Waals surface area contributed by atoms with Gasteiger partial charge in [0.25, 0.3) is 0 Å². The number of carbonyl (C=O) groups is 5. The van der Waals surface area contributed by atoms with Gasteiger partial charge in [-0.15, -0.1) is 0 Å². The summed E-state index contributed by atoms with van der Waals surface area (Å²) in [6, 6.07) is 11.6. The molecular formula is C32H37N7O6. The van der Waals surface area contributed by atoms with Crippen LogP contribution in [0.5, 0.6) is 5.75 Å². The molecule has 2 aromatic carbocycles. The lowest BCUT2D eigenvalue weighted by atomic mass is 9.42. The number of benzene rings is 2. The van der Waals surface area contributed by atoms with E-state index in [-0.39, 0.29) is 17.7 Å². The number of nitrogens with zero attached hydrogens (tertiary/aromatic N) is 3. The van der Waals surface area contributed by atoms with Gasteiger partial charge in [-0.2, -0.15) is 5.26 Å². The summed E-state index contributed by atoms with van der Waals surface area (Å²) in [4.78, 5) is 71.9. The number of carbonyl (C=O) groups excluding carboxylic acids is 5. The summed E-state index contributed by atoms with van der Waals surface area (Å²) in [5, 5.41) is 25.2. The number of ketones is 4. The second kappa shape index (κ2) is 10.8. The zero-order chi connectivity index (χ0) is 33.2. The van der Waals surface area contributed by atoms with Crippen molar-refractivity contribution >= 4 is 40.4 Å². The van der Waals surface area contributed by atoms with Gasteiger partial charge in [0.05, 0.1) is 28.9 Å². The number of primary amides is 1. The zero-order valence-electron chi connectivity index (χ0n) is 25.6. The zero-order valence-corrected chi connectivity index (χ0v) is 25.6. The van der Waals surface area contributed by atoms with E-state index in [2.05, 4.69) is 5.32 Å². The number of nitriles is 1. The average molecular weight is 616 g/mol. The van der Waals surface area contributed by atoms with Crippen LogP contribution in [0.25, 0.3) is 0 Å². The summed E-state index contributed by atoms with van der Waals surface area (Å²) in [7, 11) is 6.43. The van der Waals surface area contributed by atoms with Crippen LogP contribution in [-0.2, 0) is 32.0 Å². The number of phenolic OH excluding ortho intramolecular Hbond substituents is 1. The maximum absolute atomic E-state index is 14.6. The van der Waals surface area contributed by atoms with Crippen LogP contribution in [0.15, 0.2) is 36.4 Å². The number of amides is 1. The summed E-state index contributed by atoms with van der Waals surface area (Å²) in [6.45, 7) is 0.413. The second-order valence-corrected chi connectivity index (χ2v) is 12.8. The van der Waals surface area contributed by atoms with E-state index in [1.54, 1.807) is 31.1 Å². The Morgan fingerprint density at radius 1 is 1.09 bits per heavy atom. The minimum absolute atomic E-state index is 0.141. The molecule has 1 amide bonds. The second-order valence-electron chi connectivity index (χ2n) is 12.8. The van der Waals surface area contributed by atoms with E-state index in [1.165, 1.54) is 19.0 Å². The van der Waals surface area contributed by atoms with Crippen molar-refractivity contribution in [2.24, 2.45) is 34.5 Å². The first kappa shape index (κ1) is 31.8. The van der Waals surface area contributed by atoms with E-state index in [1.807, 2.05) is 30.3 Å². The lowest BCUT2D eigenvalue weighted by molar-refractivity contribution is -0.166. The Balaban J connectivity index is 1.66. The van der Waals surface area contributed by atoms with Crippen LogP contribution in [0, 0.1) is 28.6 Å². The molecule has 2 fully saturated rings. The van der Waals surface area contributed by atoms with Crippen molar-refractivity contribution in [2.75, 3.05) is 45.0 Å². The molecule has 236 valence electrons. The van der Waals surface area contributed by atoms with Gasteiger partial charge in [-0.05, 0) is 50.6 Å². The Labute approximate surface area is 260 Å². The fourth-order valence-electron chi connectivity index (χ4n) is 7.78. The highest BCUT2D eigenvalue weighted by Gasteiger charge is 2.78. The topological polar surface area (TPSA) is 226 Å². The van der Waals surface area contributed by atoms with E-state index in [0.717, 1.165) is 5.56 Å². The number of hydrogen-bond acceptors (Lipinski definition) is 12. The van der Waals surface area contributed by atoms with Crippen molar-refractivity contribution in [1.29, 1.82) is 5.26 Å². The third kappa shape index (κ3) is 4.35. The van der Waals surface area contributed by atoms with Gasteiger partial charge < -0.3 is 32.5 Å². The van der Waals surface area contributed by atoms with Crippen LogP contribution in [0.2, 0.25) is 0 Å². The van der Waals surface area contributed by atoms with Crippen LogP contribution in [0.3, 0.4) is 0 Å². The Morgan fingerprint density at radius 2 is 1.73 bits per heavy atom. The van der Waals surface area contributed by atoms with E-state index in [0.29, 0.717) is 24.2 Å². The standard InChI is InChI=1S/C32H37N7O6/c1-38(2)19-12-18(37-11-10-16-8-6-5-7-9-16)23(40)20-17(19)13-30(35)14-32(36)26(39(3)4)25(42)21(29(34)45)27(43)31(32,15-33)28(44)22(30)24(20)41/h5-9,12,21-22,26,37,40H,10-11,13-14,35-36H2,1-4H3,(H2,34,45)/t21?,22?,26-,30-,31+,32-/m1/s1.